The zero-order valence-corrected chi connectivity index (χ0v) is 11.0. The lowest BCUT2D eigenvalue weighted by atomic mass is 9.88. The van der Waals surface area contributed by atoms with Crippen LogP contribution in [0.15, 0.2) is 12.2 Å². The molecule has 2 aliphatic rings. The van der Waals surface area contributed by atoms with Gasteiger partial charge in [-0.1, -0.05) is 12.2 Å². The topological polar surface area (TPSA) is 81.4 Å². The smallest absolute Gasteiger partial charge is 0.407 e. The number of hydrogen-bond acceptors (Lipinski definition) is 3. The summed E-state index contributed by atoms with van der Waals surface area (Å²) in [6, 6.07) is -0.229. The molecule has 18 heavy (non-hydrogen) atoms. The van der Waals surface area contributed by atoms with Gasteiger partial charge in [-0.25, -0.2) is 4.79 Å². The maximum atomic E-state index is 11.7. The zero-order valence-electron chi connectivity index (χ0n) is 11.0. The minimum absolute atomic E-state index is 0.160. The predicted octanol–water partition coefficient (Wildman–Crippen LogP) is 1.19. The summed E-state index contributed by atoms with van der Waals surface area (Å²) in [4.78, 5) is 23.2. The molecule has 100 valence electrons. The van der Waals surface area contributed by atoms with Gasteiger partial charge in [0.1, 0.15) is 5.60 Å². The highest BCUT2D eigenvalue weighted by Gasteiger charge is 2.48. The van der Waals surface area contributed by atoms with Crippen LogP contribution in [-0.4, -0.2) is 23.6 Å². The minimum Gasteiger partial charge on any atom is -0.444 e. The fourth-order valence-corrected chi connectivity index (χ4v) is 2.85. The van der Waals surface area contributed by atoms with Crippen LogP contribution in [0.5, 0.6) is 0 Å². The Morgan fingerprint density at radius 1 is 1.28 bits per heavy atom. The third kappa shape index (κ3) is 2.49. The number of rotatable bonds is 2. The molecule has 0 heterocycles. The molecule has 5 heteroatoms. The lowest BCUT2D eigenvalue weighted by molar-refractivity contribution is -0.123. The SMILES string of the molecule is CC(C)(C)OC(=O)NC1C(C(N)=O)[C@@H]2C=C[C@H]1C2. The van der Waals surface area contributed by atoms with E-state index in [-0.39, 0.29) is 29.7 Å². The number of ether oxygens (including phenoxy) is 1. The van der Waals surface area contributed by atoms with Crippen molar-refractivity contribution in [2.45, 2.75) is 38.8 Å². The standard InChI is InChI=1S/C13H20N2O3/c1-13(2,3)18-12(17)15-10-8-5-4-7(6-8)9(10)11(14)16/h4-5,7-10H,6H2,1-3H3,(H2,14,16)(H,15,17)/t7-,8+,9?,10?/m1/s1. The van der Waals surface area contributed by atoms with Crippen LogP contribution in [0.2, 0.25) is 0 Å². The Morgan fingerprint density at radius 3 is 2.44 bits per heavy atom. The van der Waals surface area contributed by atoms with E-state index in [1.807, 2.05) is 12.2 Å². The van der Waals surface area contributed by atoms with E-state index < -0.39 is 11.7 Å². The van der Waals surface area contributed by atoms with Crippen molar-refractivity contribution in [1.82, 2.24) is 5.32 Å². The molecule has 2 amide bonds. The molecular weight excluding hydrogens is 232 g/mol. The number of fused-ring (bicyclic) bond motifs is 2. The largest absolute Gasteiger partial charge is 0.444 e. The van der Waals surface area contributed by atoms with Crippen molar-refractivity contribution >= 4 is 12.0 Å². The summed E-state index contributed by atoms with van der Waals surface area (Å²) >= 11 is 0. The highest BCUT2D eigenvalue weighted by atomic mass is 16.6. The van der Waals surface area contributed by atoms with Gasteiger partial charge in [-0.15, -0.1) is 0 Å². The van der Waals surface area contributed by atoms with Gasteiger partial charge in [0, 0.05) is 0 Å². The summed E-state index contributed by atoms with van der Waals surface area (Å²) in [6.07, 6.45) is 4.47. The molecule has 5 nitrogen and oxygen atoms in total. The highest BCUT2D eigenvalue weighted by Crippen LogP contribution is 2.43. The second kappa shape index (κ2) is 4.30. The van der Waals surface area contributed by atoms with Gasteiger partial charge < -0.3 is 15.8 Å². The second-order valence-electron chi connectivity index (χ2n) is 6.05. The van der Waals surface area contributed by atoms with E-state index >= 15 is 0 Å². The van der Waals surface area contributed by atoms with Gasteiger partial charge in [0.2, 0.25) is 5.91 Å². The van der Waals surface area contributed by atoms with E-state index in [0.29, 0.717) is 0 Å². The van der Waals surface area contributed by atoms with Crippen molar-refractivity contribution in [2.24, 2.45) is 23.5 Å². The van der Waals surface area contributed by atoms with Crippen LogP contribution < -0.4 is 11.1 Å². The molecule has 4 atom stereocenters. The first-order valence-electron chi connectivity index (χ1n) is 6.25. The van der Waals surface area contributed by atoms with Crippen LogP contribution in [-0.2, 0) is 9.53 Å². The molecule has 3 N–H and O–H groups in total. The summed E-state index contributed by atoms with van der Waals surface area (Å²) in [7, 11) is 0. The van der Waals surface area contributed by atoms with Gasteiger partial charge in [0.05, 0.1) is 12.0 Å². The first-order valence-corrected chi connectivity index (χ1v) is 6.25. The third-order valence-electron chi connectivity index (χ3n) is 3.47. The number of alkyl carbamates (subject to hydrolysis) is 1. The van der Waals surface area contributed by atoms with Crippen molar-refractivity contribution in [2.75, 3.05) is 0 Å². The Balaban J connectivity index is 2.02. The average molecular weight is 252 g/mol. The average Bonchev–Trinajstić information content (AvgIpc) is 2.73. The molecule has 0 spiro atoms. The molecule has 0 saturated heterocycles. The molecule has 0 aromatic rings. The van der Waals surface area contributed by atoms with E-state index in [4.69, 9.17) is 10.5 Å². The number of carbonyl (C=O) groups excluding carboxylic acids is 2. The van der Waals surface area contributed by atoms with Crippen LogP contribution in [0.1, 0.15) is 27.2 Å². The molecule has 2 rings (SSSR count). The summed E-state index contributed by atoms with van der Waals surface area (Å²) in [5.74, 6) is -0.312. The normalized spacial score (nSPS) is 33.5. The van der Waals surface area contributed by atoms with Gasteiger partial charge in [0.15, 0.2) is 0 Å². The number of nitrogens with one attached hydrogen (secondary N) is 1. The van der Waals surface area contributed by atoms with Crippen LogP contribution >= 0.6 is 0 Å². The van der Waals surface area contributed by atoms with E-state index in [1.54, 1.807) is 20.8 Å². The van der Waals surface area contributed by atoms with Crippen molar-refractivity contribution in [3.8, 4) is 0 Å². The van der Waals surface area contributed by atoms with E-state index in [0.717, 1.165) is 6.42 Å². The third-order valence-corrected chi connectivity index (χ3v) is 3.47. The predicted molar refractivity (Wildman–Crippen MR) is 66.6 cm³/mol. The summed E-state index contributed by atoms with van der Waals surface area (Å²) in [5.41, 5.74) is 4.87. The number of carbonyl (C=O) groups is 2. The molecule has 0 aromatic heterocycles. The maximum Gasteiger partial charge on any atom is 0.407 e. The van der Waals surface area contributed by atoms with Crippen LogP contribution in [0.4, 0.5) is 4.79 Å². The number of primary amides is 1. The summed E-state index contributed by atoms with van der Waals surface area (Å²) in [6.45, 7) is 5.41. The van der Waals surface area contributed by atoms with Crippen LogP contribution in [0.3, 0.4) is 0 Å². The van der Waals surface area contributed by atoms with Crippen LogP contribution in [0.25, 0.3) is 0 Å². The lowest BCUT2D eigenvalue weighted by Crippen LogP contribution is -2.48. The van der Waals surface area contributed by atoms with Gasteiger partial charge >= 0.3 is 6.09 Å². The van der Waals surface area contributed by atoms with Gasteiger partial charge in [0.25, 0.3) is 0 Å². The van der Waals surface area contributed by atoms with Gasteiger partial charge in [-0.05, 0) is 39.0 Å². The van der Waals surface area contributed by atoms with E-state index in [1.165, 1.54) is 0 Å². The summed E-state index contributed by atoms with van der Waals surface area (Å²) in [5, 5.41) is 2.79. The molecule has 1 fully saturated rings. The van der Waals surface area contributed by atoms with E-state index in [9.17, 15) is 9.59 Å². The Bertz CT molecular complexity index is 398. The number of nitrogens with two attached hydrogens (primary N) is 1. The first-order chi connectivity index (χ1) is 8.28. The number of allylic oxidation sites excluding steroid dienone is 1. The first kappa shape index (κ1) is 12.9. The maximum absolute atomic E-state index is 11.7. The quantitative estimate of drug-likeness (QED) is 0.724. The molecule has 2 unspecified atom stereocenters. The molecular formula is C13H20N2O3. The summed E-state index contributed by atoms with van der Waals surface area (Å²) < 4.78 is 5.21. The Hall–Kier alpha value is -1.52. The number of hydrogen-bond donors (Lipinski definition) is 2. The highest BCUT2D eigenvalue weighted by molar-refractivity contribution is 5.80. The molecule has 1 saturated carbocycles. The number of amides is 2. The van der Waals surface area contributed by atoms with E-state index in [2.05, 4.69) is 5.32 Å². The zero-order chi connectivity index (χ0) is 13.5. The van der Waals surface area contributed by atoms with Crippen molar-refractivity contribution in [3.05, 3.63) is 12.2 Å². The molecule has 0 radical (unpaired) electrons. The van der Waals surface area contributed by atoms with Gasteiger partial charge in [-0.2, -0.15) is 0 Å². The van der Waals surface area contributed by atoms with Crippen molar-refractivity contribution < 1.29 is 14.3 Å². The fraction of sp³-hybridized carbons (Fsp3) is 0.692. The monoisotopic (exact) mass is 252 g/mol. The second-order valence-corrected chi connectivity index (χ2v) is 6.05. The molecule has 0 aliphatic heterocycles. The van der Waals surface area contributed by atoms with Crippen LogP contribution in [0, 0.1) is 17.8 Å². The Labute approximate surface area is 107 Å². The molecule has 0 aromatic carbocycles. The molecule has 2 bridgehead atoms. The lowest BCUT2D eigenvalue weighted by Gasteiger charge is -2.28. The van der Waals surface area contributed by atoms with Gasteiger partial charge in [-0.3, -0.25) is 4.79 Å². The molecule has 2 aliphatic carbocycles. The Morgan fingerprint density at radius 2 is 1.89 bits per heavy atom. The fourth-order valence-electron chi connectivity index (χ4n) is 2.85. The minimum atomic E-state index is -0.542. The Kier molecular flexibility index (Phi) is 3.09. The van der Waals surface area contributed by atoms with Crippen molar-refractivity contribution in [1.29, 1.82) is 0 Å². The van der Waals surface area contributed by atoms with Crippen molar-refractivity contribution in [3.63, 3.8) is 0 Å².